The summed E-state index contributed by atoms with van der Waals surface area (Å²) in [5.74, 6) is -3.07. The number of hydrogen-bond acceptors (Lipinski definition) is 5. The number of amides is 1. The lowest BCUT2D eigenvalue weighted by atomic mass is 10.0. The van der Waals surface area contributed by atoms with E-state index in [2.05, 4.69) is 5.32 Å². The van der Waals surface area contributed by atoms with Crippen LogP contribution < -0.4 is 11.1 Å². The molecule has 0 spiro atoms. The van der Waals surface area contributed by atoms with Crippen molar-refractivity contribution in [1.82, 2.24) is 5.32 Å². The van der Waals surface area contributed by atoms with Gasteiger partial charge in [-0.05, 0) is 12.5 Å². The van der Waals surface area contributed by atoms with Gasteiger partial charge >= 0.3 is 12.1 Å². The monoisotopic (exact) mass is 312 g/mol. The molecule has 0 radical (unpaired) electrons. The van der Waals surface area contributed by atoms with Gasteiger partial charge in [-0.25, -0.2) is 4.79 Å². The summed E-state index contributed by atoms with van der Waals surface area (Å²) in [4.78, 5) is 31.1. The first-order valence-corrected chi connectivity index (χ1v) is 6.28. The fourth-order valence-corrected chi connectivity index (χ4v) is 2.87. The summed E-state index contributed by atoms with van der Waals surface area (Å²) in [6, 6.07) is 0.0833. The average molecular weight is 312 g/mol. The summed E-state index contributed by atoms with van der Waals surface area (Å²) >= 11 is 1.32. The molecule has 1 aliphatic heterocycles. The largest absolute Gasteiger partial charge is 0.490 e. The Bertz CT molecular complexity index is 452. The zero-order valence-corrected chi connectivity index (χ0v) is 10.7. The smallest absolute Gasteiger partial charge is 0.475 e. The van der Waals surface area contributed by atoms with Crippen LogP contribution in [0.15, 0.2) is 12.2 Å². The van der Waals surface area contributed by atoms with Crippen molar-refractivity contribution in [3.8, 4) is 0 Å². The molecule has 1 amide bonds. The van der Waals surface area contributed by atoms with E-state index in [1.165, 1.54) is 11.8 Å². The molecule has 2 aliphatic rings. The summed E-state index contributed by atoms with van der Waals surface area (Å²) in [6.45, 7) is 0. The summed E-state index contributed by atoms with van der Waals surface area (Å²) in [6.07, 6.45) is -0.868. The minimum atomic E-state index is -5.08. The van der Waals surface area contributed by atoms with Gasteiger partial charge in [0.2, 0.25) is 5.91 Å². The number of ketones is 1. The summed E-state index contributed by atoms with van der Waals surface area (Å²) in [5, 5.41) is 9.64. The van der Waals surface area contributed by atoms with Crippen molar-refractivity contribution in [2.24, 2.45) is 5.73 Å². The predicted molar refractivity (Wildman–Crippen MR) is 63.7 cm³/mol. The number of hydrogen-bond donors (Lipinski definition) is 3. The first kappa shape index (κ1) is 16.5. The number of carboxylic acids is 1. The Kier molecular flexibility index (Phi) is 5.17. The number of fused-ring (bicyclic) bond motifs is 1. The van der Waals surface area contributed by atoms with E-state index in [1.54, 1.807) is 6.08 Å². The third-order valence-corrected chi connectivity index (χ3v) is 3.96. The van der Waals surface area contributed by atoms with Gasteiger partial charge in [0.05, 0.1) is 5.25 Å². The third kappa shape index (κ3) is 4.23. The molecule has 0 bridgehead atoms. The summed E-state index contributed by atoms with van der Waals surface area (Å²) in [7, 11) is 0. The minimum Gasteiger partial charge on any atom is -0.475 e. The van der Waals surface area contributed by atoms with E-state index >= 15 is 0 Å². The topological polar surface area (TPSA) is 109 Å². The Morgan fingerprint density at radius 2 is 2.00 bits per heavy atom. The molecule has 1 fully saturated rings. The molecule has 0 saturated carbocycles. The number of allylic oxidation sites excluding steroid dienone is 1. The van der Waals surface area contributed by atoms with Crippen molar-refractivity contribution in [2.75, 3.05) is 0 Å². The molecule has 112 valence electrons. The molecule has 1 aliphatic carbocycles. The maximum Gasteiger partial charge on any atom is 0.490 e. The van der Waals surface area contributed by atoms with Crippen LogP contribution in [0.1, 0.15) is 6.42 Å². The van der Waals surface area contributed by atoms with Crippen molar-refractivity contribution in [2.45, 2.75) is 29.3 Å². The number of carboxylic acid groups (broad SMARTS) is 1. The van der Waals surface area contributed by atoms with E-state index in [0.717, 1.165) is 6.42 Å². The van der Waals surface area contributed by atoms with Crippen molar-refractivity contribution >= 4 is 29.4 Å². The van der Waals surface area contributed by atoms with Crippen LogP contribution in [0.3, 0.4) is 0 Å². The van der Waals surface area contributed by atoms with Gasteiger partial charge in [0, 0.05) is 6.04 Å². The first-order valence-electron chi connectivity index (χ1n) is 5.34. The first-order chi connectivity index (χ1) is 9.12. The fourth-order valence-electron chi connectivity index (χ4n) is 1.59. The maximum atomic E-state index is 11.3. The molecule has 0 aromatic rings. The van der Waals surface area contributed by atoms with Crippen LogP contribution in [0, 0.1) is 0 Å². The number of carbonyl (C=O) groups excluding carboxylic acids is 2. The number of alkyl halides is 3. The molecule has 0 aromatic carbocycles. The van der Waals surface area contributed by atoms with E-state index < -0.39 is 23.4 Å². The lowest BCUT2D eigenvalue weighted by molar-refractivity contribution is -0.192. The molecule has 2 rings (SSSR count). The van der Waals surface area contributed by atoms with Crippen LogP contribution in [0.5, 0.6) is 0 Å². The molecule has 1 heterocycles. The van der Waals surface area contributed by atoms with Gasteiger partial charge in [-0.1, -0.05) is 6.08 Å². The second kappa shape index (κ2) is 6.27. The van der Waals surface area contributed by atoms with Crippen LogP contribution in [0.25, 0.3) is 0 Å². The molecular weight excluding hydrogens is 301 g/mol. The Morgan fingerprint density at radius 1 is 1.45 bits per heavy atom. The maximum absolute atomic E-state index is 11.3. The second-order valence-corrected chi connectivity index (χ2v) is 5.21. The van der Waals surface area contributed by atoms with E-state index in [0.29, 0.717) is 0 Å². The average Bonchev–Trinajstić information content (AvgIpc) is 2.74. The minimum absolute atomic E-state index is 0.0810. The SMILES string of the molecule is NC(=O)C1NC2CC=CC(=O)C2S1.O=C(O)C(F)(F)F. The molecule has 4 N–H and O–H groups in total. The van der Waals surface area contributed by atoms with Gasteiger partial charge in [-0.15, -0.1) is 11.8 Å². The molecule has 0 aromatic heterocycles. The van der Waals surface area contributed by atoms with Crippen LogP contribution in [-0.4, -0.2) is 45.6 Å². The highest BCUT2D eigenvalue weighted by molar-refractivity contribution is 8.02. The van der Waals surface area contributed by atoms with E-state index in [1.807, 2.05) is 6.08 Å². The zero-order chi connectivity index (χ0) is 15.5. The third-order valence-electron chi connectivity index (χ3n) is 2.47. The predicted octanol–water partition coefficient (Wildman–Crippen LogP) is 0.0337. The number of thioether (sulfide) groups is 1. The highest BCUT2D eigenvalue weighted by Crippen LogP contribution is 2.32. The normalized spacial score (nSPS) is 28.4. The quantitative estimate of drug-likeness (QED) is 0.630. The van der Waals surface area contributed by atoms with Crippen LogP contribution in [0.4, 0.5) is 13.2 Å². The molecule has 20 heavy (non-hydrogen) atoms. The van der Waals surface area contributed by atoms with Crippen molar-refractivity contribution in [1.29, 1.82) is 0 Å². The van der Waals surface area contributed by atoms with Crippen molar-refractivity contribution < 1.29 is 32.7 Å². The van der Waals surface area contributed by atoms with Gasteiger partial charge in [0.15, 0.2) is 5.78 Å². The highest BCUT2D eigenvalue weighted by Gasteiger charge is 2.41. The van der Waals surface area contributed by atoms with Gasteiger partial charge in [-0.2, -0.15) is 13.2 Å². The molecule has 10 heteroatoms. The van der Waals surface area contributed by atoms with Gasteiger partial charge in [0.25, 0.3) is 0 Å². The zero-order valence-electron chi connectivity index (χ0n) is 9.89. The lowest BCUT2D eigenvalue weighted by Crippen LogP contribution is -2.41. The Balaban J connectivity index is 0.000000246. The van der Waals surface area contributed by atoms with Crippen molar-refractivity contribution in [3.05, 3.63) is 12.2 Å². The van der Waals surface area contributed by atoms with Gasteiger partial charge in [0.1, 0.15) is 5.37 Å². The molecular formula is C10H11F3N2O4S. The van der Waals surface area contributed by atoms with Crippen LogP contribution in [0.2, 0.25) is 0 Å². The van der Waals surface area contributed by atoms with E-state index in [-0.39, 0.29) is 17.1 Å². The number of rotatable bonds is 1. The Labute approximate surface area is 115 Å². The van der Waals surface area contributed by atoms with Crippen molar-refractivity contribution in [3.63, 3.8) is 0 Å². The van der Waals surface area contributed by atoms with Gasteiger partial charge in [-0.3, -0.25) is 14.9 Å². The fraction of sp³-hybridized carbons (Fsp3) is 0.500. The number of carbonyl (C=O) groups is 3. The molecule has 3 atom stereocenters. The Morgan fingerprint density at radius 3 is 2.40 bits per heavy atom. The highest BCUT2D eigenvalue weighted by atomic mass is 32.2. The molecule has 3 unspecified atom stereocenters. The lowest BCUT2D eigenvalue weighted by Gasteiger charge is -2.17. The summed E-state index contributed by atoms with van der Waals surface area (Å²) < 4.78 is 31.7. The molecule has 6 nitrogen and oxygen atoms in total. The van der Waals surface area contributed by atoms with Gasteiger partial charge < -0.3 is 10.8 Å². The van der Waals surface area contributed by atoms with Crippen LogP contribution in [-0.2, 0) is 14.4 Å². The number of nitrogens with two attached hydrogens (primary N) is 1. The summed E-state index contributed by atoms with van der Waals surface area (Å²) in [5.41, 5.74) is 5.14. The Hall–Kier alpha value is -1.55. The van der Waals surface area contributed by atoms with E-state index in [4.69, 9.17) is 15.6 Å². The number of primary amides is 1. The van der Waals surface area contributed by atoms with E-state index in [9.17, 15) is 22.8 Å². The number of nitrogens with one attached hydrogen (secondary N) is 1. The molecule has 1 saturated heterocycles. The van der Waals surface area contributed by atoms with Crippen LogP contribution >= 0.6 is 11.8 Å². The standard InChI is InChI=1S/C8H10N2O2S.C2HF3O2/c9-7(12)8-10-4-2-1-3-5(11)6(4)13-8;3-2(4,5)1(6)7/h1,3-4,6,8,10H,2H2,(H2,9,12);(H,6,7). The second-order valence-electron chi connectivity index (χ2n) is 3.96. The number of halogens is 3. The number of aliphatic carboxylic acids is 1.